The second-order valence-corrected chi connectivity index (χ2v) is 7.67. The summed E-state index contributed by atoms with van der Waals surface area (Å²) in [6, 6.07) is 18.4. The lowest BCUT2D eigenvalue weighted by atomic mass is 9.74. The number of ether oxygens (including phenoxy) is 3. The smallest absolute Gasteiger partial charge is 0.191 e. The number of hydrogen-bond acceptors (Lipinski definition) is 4. The first-order valence-electron chi connectivity index (χ1n) is 10.5. The molecule has 3 rings (SSSR count). The van der Waals surface area contributed by atoms with Gasteiger partial charge in [0.2, 0.25) is 0 Å². The van der Waals surface area contributed by atoms with Gasteiger partial charge in [-0.2, -0.15) is 0 Å². The molecule has 1 heterocycles. The molecular formula is C24H33N3O3. The standard InChI is InChI=1S/C24H33N3O3/c1-19(30-22-11-7-10-21(16-22)28-3)17-26-23(25-2)27-18-24(12-14-29-15-13-24)20-8-5-4-6-9-20/h4-11,16,19H,12-15,17-18H2,1-3H3,(H2,25,26,27). The first kappa shape index (κ1) is 22.0. The molecule has 6 heteroatoms. The van der Waals surface area contributed by atoms with Gasteiger partial charge in [0.15, 0.2) is 5.96 Å². The first-order chi connectivity index (χ1) is 14.6. The number of aliphatic imine (C=N–C) groups is 1. The first-order valence-corrected chi connectivity index (χ1v) is 10.5. The van der Waals surface area contributed by atoms with Crippen LogP contribution >= 0.6 is 0 Å². The molecule has 1 unspecified atom stereocenters. The van der Waals surface area contributed by atoms with Gasteiger partial charge in [0.05, 0.1) is 13.7 Å². The van der Waals surface area contributed by atoms with Gasteiger partial charge in [-0.15, -0.1) is 0 Å². The van der Waals surface area contributed by atoms with Crippen molar-refractivity contribution in [3.63, 3.8) is 0 Å². The van der Waals surface area contributed by atoms with E-state index in [9.17, 15) is 0 Å². The molecule has 30 heavy (non-hydrogen) atoms. The van der Waals surface area contributed by atoms with Crippen LogP contribution in [0.15, 0.2) is 59.6 Å². The van der Waals surface area contributed by atoms with Crippen molar-refractivity contribution in [3.8, 4) is 11.5 Å². The lowest BCUT2D eigenvalue weighted by molar-refractivity contribution is 0.0513. The monoisotopic (exact) mass is 411 g/mol. The van der Waals surface area contributed by atoms with Crippen LogP contribution in [0, 0.1) is 0 Å². The summed E-state index contributed by atoms with van der Waals surface area (Å²) in [6.45, 7) is 5.05. The molecule has 0 aromatic heterocycles. The summed E-state index contributed by atoms with van der Waals surface area (Å²) in [5.74, 6) is 2.35. The minimum absolute atomic E-state index is 0.0261. The zero-order chi connectivity index (χ0) is 21.2. The minimum Gasteiger partial charge on any atom is -0.497 e. The van der Waals surface area contributed by atoms with Gasteiger partial charge >= 0.3 is 0 Å². The van der Waals surface area contributed by atoms with Crippen LogP contribution in [0.4, 0.5) is 0 Å². The third-order valence-electron chi connectivity index (χ3n) is 5.59. The van der Waals surface area contributed by atoms with E-state index in [1.807, 2.05) is 31.2 Å². The van der Waals surface area contributed by atoms with Crippen molar-refractivity contribution in [1.29, 1.82) is 0 Å². The number of nitrogens with zero attached hydrogens (tertiary/aromatic N) is 1. The highest BCUT2D eigenvalue weighted by molar-refractivity contribution is 5.79. The molecule has 1 fully saturated rings. The third kappa shape index (κ3) is 5.89. The summed E-state index contributed by atoms with van der Waals surface area (Å²) in [4.78, 5) is 4.39. The predicted molar refractivity (Wildman–Crippen MR) is 121 cm³/mol. The van der Waals surface area contributed by atoms with Crippen LogP contribution in [-0.2, 0) is 10.2 Å². The van der Waals surface area contributed by atoms with E-state index in [0.717, 1.165) is 50.1 Å². The van der Waals surface area contributed by atoms with Crippen molar-refractivity contribution in [2.24, 2.45) is 4.99 Å². The average molecular weight is 412 g/mol. The predicted octanol–water partition coefficient (Wildman–Crippen LogP) is 3.38. The molecule has 1 aliphatic rings. The molecule has 0 saturated carbocycles. The fourth-order valence-corrected chi connectivity index (χ4v) is 3.78. The van der Waals surface area contributed by atoms with Gasteiger partial charge in [-0.1, -0.05) is 36.4 Å². The average Bonchev–Trinajstić information content (AvgIpc) is 2.80. The summed E-state index contributed by atoms with van der Waals surface area (Å²) in [6.07, 6.45) is 1.97. The van der Waals surface area contributed by atoms with E-state index in [4.69, 9.17) is 14.2 Å². The van der Waals surface area contributed by atoms with Crippen molar-refractivity contribution in [1.82, 2.24) is 10.6 Å². The van der Waals surface area contributed by atoms with Crippen LogP contribution in [0.25, 0.3) is 0 Å². The van der Waals surface area contributed by atoms with Crippen molar-refractivity contribution >= 4 is 5.96 Å². The van der Waals surface area contributed by atoms with Gasteiger partial charge in [-0.05, 0) is 37.5 Å². The molecule has 1 atom stereocenters. The number of nitrogens with one attached hydrogen (secondary N) is 2. The molecule has 2 aromatic carbocycles. The number of hydrogen-bond donors (Lipinski definition) is 2. The molecule has 2 aromatic rings. The van der Waals surface area contributed by atoms with Gasteiger partial charge in [-0.3, -0.25) is 4.99 Å². The van der Waals surface area contributed by atoms with E-state index < -0.39 is 0 Å². The SMILES string of the molecule is CN=C(NCC(C)Oc1cccc(OC)c1)NCC1(c2ccccc2)CCOCC1. The summed E-state index contributed by atoms with van der Waals surface area (Å²) in [7, 11) is 3.45. The van der Waals surface area contributed by atoms with Crippen LogP contribution in [0.5, 0.6) is 11.5 Å². The molecule has 162 valence electrons. The van der Waals surface area contributed by atoms with Gasteiger partial charge in [0, 0.05) is 38.3 Å². The highest BCUT2D eigenvalue weighted by Crippen LogP contribution is 2.34. The Morgan fingerprint density at radius 2 is 1.80 bits per heavy atom. The van der Waals surface area contributed by atoms with Crippen molar-refractivity contribution in [2.75, 3.05) is 40.5 Å². The van der Waals surface area contributed by atoms with Crippen LogP contribution in [-0.4, -0.2) is 52.5 Å². The Morgan fingerprint density at radius 1 is 1.07 bits per heavy atom. The Balaban J connectivity index is 1.54. The van der Waals surface area contributed by atoms with E-state index in [2.05, 4.69) is 46.0 Å². The lowest BCUT2D eigenvalue weighted by Gasteiger charge is -2.38. The number of methoxy groups -OCH3 is 1. The number of guanidine groups is 1. The molecule has 0 radical (unpaired) electrons. The molecule has 2 N–H and O–H groups in total. The highest BCUT2D eigenvalue weighted by atomic mass is 16.5. The maximum atomic E-state index is 5.99. The fourth-order valence-electron chi connectivity index (χ4n) is 3.78. The van der Waals surface area contributed by atoms with Gasteiger partial charge in [-0.25, -0.2) is 0 Å². The van der Waals surface area contributed by atoms with E-state index in [1.54, 1.807) is 14.2 Å². The Kier molecular flexibility index (Phi) is 7.97. The maximum Gasteiger partial charge on any atom is 0.191 e. The zero-order valence-electron chi connectivity index (χ0n) is 18.2. The molecule has 0 bridgehead atoms. The molecule has 0 aliphatic carbocycles. The molecular weight excluding hydrogens is 378 g/mol. The summed E-state index contributed by atoms with van der Waals surface area (Å²) in [5, 5.41) is 6.90. The second-order valence-electron chi connectivity index (χ2n) is 7.67. The second kappa shape index (κ2) is 10.9. The summed E-state index contributed by atoms with van der Waals surface area (Å²) < 4.78 is 16.9. The Morgan fingerprint density at radius 3 is 2.50 bits per heavy atom. The van der Waals surface area contributed by atoms with E-state index >= 15 is 0 Å². The zero-order valence-corrected chi connectivity index (χ0v) is 18.2. The molecule has 1 saturated heterocycles. The van der Waals surface area contributed by atoms with Crippen LogP contribution in [0.2, 0.25) is 0 Å². The normalized spacial score (nSPS) is 17.1. The fraction of sp³-hybridized carbons (Fsp3) is 0.458. The Bertz CT molecular complexity index is 804. The molecule has 0 amide bonds. The Hall–Kier alpha value is -2.73. The third-order valence-corrected chi connectivity index (χ3v) is 5.59. The number of rotatable bonds is 8. The van der Waals surface area contributed by atoms with Crippen LogP contribution in [0.3, 0.4) is 0 Å². The lowest BCUT2D eigenvalue weighted by Crippen LogP contribution is -2.49. The van der Waals surface area contributed by atoms with Gasteiger partial charge in [0.1, 0.15) is 17.6 Å². The van der Waals surface area contributed by atoms with Crippen molar-refractivity contribution in [3.05, 3.63) is 60.2 Å². The van der Waals surface area contributed by atoms with E-state index in [1.165, 1.54) is 5.56 Å². The van der Waals surface area contributed by atoms with Gasteiger partial charge in [0.25, 0.3) is 0 Å². The molecule has 0 spiro atoms. The Labute approximate surface area is 179 Å². The quantitative estimate of drug-likeness (QED) is 0.515. The summed E-state index contributed by atoms with van der Waals surface area (Å²) >= 11 is 0. The van der Waals surface area contributed by atoms with Crippen LogP contribution < -0.4 is 20.1 Å². The van der Waals surface area contributed by atoms with Crippen LogP contribution in [0.1, 0.15) is 25.3 Å². The van der Waals surface area contributed by atoms with E-state index in [-0.39, 0.29) is 11.5 Å². The maximum absolute atomic E-state index is 5.99. The van der Waals surface area contributed by atoms with Crippen molar-refractivity contribution in [2.45, 2.75) is 31.3 Å². The molecule has 1 aliphatic heterocycles. The largest absolute Gasteiger partial charge is 0.497 e. The minimum atomic E-state index is -0.0261. The summed E-state index contributed by atoms with van der Waals surface area (Å²) in [5.41, 5.74) is 1.41. The highest BCUT2D eigenvalue weighted by Gasteiger charge is 2.34. The van der Waals surface area contributed by atoms with Gasteiger partial charge < -0.3 is 24.8 Å². The topological polar surface area (TPSA) is 64.1 Å². The number of benzene rings is 2. The van der Waals surface area contributed by atoms with Crippen molar-refractivity contribution < 1.29 is 14.2 Å². The van der Waals surface area contributed by atoms with E-state index in [0.29, 0.717) is 6.54 Å². The molecule has 6 nitrogen and oxygen atoms in total.